The Kier molecular flexibility index (Phi) is 6.63. The van der Waals surface area contributed by atoms with E-state index in [1.165, 1.54) is 0 Å². The van der Waals surface area contributed by atoms with E-state index in [2.05, 4.69) is 5.32 Å². The normalized spacial score (nSPS) is 16.2. The molecule has 0 aliphatic carbocycles. The van der Waals surface area contributed by atoms with Gasteiger partial charge < -0.3 is 15.0 Å². The van der Waals surface area contributed by atoms with E-state index < -0.39 is 6.04 Å². The zero-order valence-electron chi connectivity index (χ0n) is 15.0. The highest BCUT2D eigenvalue weighted by atomic mass is 35.5. The SMILES string of the molecule is COc1ccc(NC(=O)C2CSCN2C(=O)CCc2ccccc2Cl)cc1. The van der Waals surface area contributed by atoms with Gasteiger partial charge in [-0.2, -0.15) is 0 Å². The Morgan fingerprint density at radius 2 is 1.96 bits per heavy atom. The van der Waals surface area contributed by atoms with Gasteiger partial charge in [-0.1, -0.05) is 29.8 Å². The van der Waals surface area contributed by atoms with Crippen molar-refractivity contribution in [2.24, 2.45) is 0 Å². The van der Waals surface area contributed by atoms with Crippen molar-refractivity contribution < 1.29 is 14.3 Å². The molecule has 7 heteroatoms. The maximum absolute atomic E-state index is 12.7. The molecule has 1 heterocycles. The van der Waals surface area contributed by atoms with Crippen LogP contribution in [0.4, 0.5) is 5.69 Å². The van der Waals surface area contributed by atoms with E-state index in [1.54, 1.807) is 48.0 Å². The molecule has 0 radical (unpaired) electrons. The molecule has 0 bridgehead atoms. The number of hydrogen-bond acceptors (Lipinski definition) is 4. The molecule has 1 unspecified atom stereocenters. The smallest absolute Gasteiger partial charge is 0.248 e. The molecule has 0 spiro atoms. The average molecular weight is 405 g/mol. The van der Waals surface area contributed by atoms with Crippen LogP contribution in [0.25, 0.3) is 0 Å². The molecular formula is C20H21ClN2O3S. The second-order valence-corrected chi connectivity index (χ2v) is 7.60. The van der Waals surface area contributed by atoms with Crippen molar-refractivity contribution in [1.29, 1.82) is 0 Å². The van der Waals surface area contributed by atoms with Crippen LogP contribution in [0, 0.1) is 0 Å². The number of anilines is 1. The number of thioether (sulfide) groups is 1. The molecular weight excluding hydrogens is 384 g/mol. The van der Waals surface area contributed by atoms with E-state index in [0.29, 0.717) is 35.2 Å². The van der Waals surface area contributed by atoms with E-state index in [9.17, 15) is 9.59 Å². The van der Waals surface area contributed by atoms with Gasteiger partial charge in [-0.25, -0.2) is 0 Å². The Morgan fingerprint density at radius 3 is 2.67 bits per heavy atom. The number of hydrogen-bond donors (Lipinski definition) is 1. The number of nitrogens with zero attached hydrogens (tertiary/aromatic N) is 1. The summed E-state index contributed by atoms with van der Waals surface area (Å²) in [5.74, 6) is 1.65. The van der Waals surface area contributed by atoms with Crippen molar-refractivity contribution in [3.05, 3.63) is 59.1 Å². The van der Waals surface area contributed by atoms with Crippen molar-refractivity contribution in [3.8, 4) is 5.75 Å². The molecule has 142 valence electrons. The molecule has 3 rings (SSSR count). The number of nitrogens with one attached hydrogen (secondary N) is 1. The molecule has 2 aromatic rings. The summed E-state index contributed by atoms with van der Waals surface area (Å²) < 4.78 is 5.12. The minimum Gasteiger partial charge on any atom is -0.497 e. The summed E-state index contributed by atoms with van der Waals surface area (Å²) in [7, 11) is 1.59. The predicted molar refractivity (Wildman–Crippen MR) is 109 cm³/mol. The van der Waals surface area contributed by atoms with Gasteiger partial charge in [-0.05, 0) is 42.3 Å². The quantitative estimate of drug-likeness (QED) is 0.795. The standard InChI is InChI=1S/C20H21ClN2O3S/c1-26-16-9-7-15(8-10-16)22-20(25)18-12-27-13-23(18)19(24)11-6-14-4-2-3-5-17(14)21/h2-5,7-10,18H,6,11-13H2,1H3,(H,22,25). The number of carbonyl (C=O) groups is 2. The van der Waals surface area contributed by atoms with Crippen molar-refractivity contribution >= 4 is 40.9 Å². The number of carbonyl (C=O) groups excluding carboxylic acids is 2. The third-order valence-electron chi connectivity index (χ3n) is 4.43. The number of methoxy groups -OCH3 is 1. The van der Waals surface area contributed by atoms with Crippen LogP contribution in [0.1, 0.15) is 12.0 Å². The van der Waals surface area contributed by atoms with Gasteiger partial charge in [-0.15, -0.1) is 11.8 Å². The average Bonchev–Trinajstić information content (AvgIpc) is 3.18. The highest BCUT2D eigenvalue weighted by Crippen LogP contribution is 2.25. The van der Waals surface area contributed by atoms with Crippen LogP contribution in [-0.2, 0) is 16.0 Å². The molecule has 1 N–H and O–H groups in total. The second-order valence-electron chi connectivity index (χ2n) is 6.19. The van der Waals surface area contributed by atoms with Gasteiger partial charge in [0.25, 0.3) is 0 Å². The third kappa shape index (κ3) is 4.96. The Labute approximate surface area is 168 Å². The second kappa shape index (κ2) is 9.15. The first kappa shape index (κ1) is 19.6. The summed E-state index contributed by atoms with van der Waals surface area (Å²) in [6.45, 7) is 0. The number of benzene rings is 2. The predicted octanol–water partition coefficient (Wildman–Crippen LogP) is 3.82. The molecule has 0 aromatic heterocycles. The van der Waals surface area contributed by atoms with Crippen LogP contribution in [0.5, 0.6) is 5.75 Å². The molecule has 2 aromatic carbocycles. The first-order valence-corrected chi connectivity index (χ1v) is 10.2. The fourth-order valence-electron chi connectivity index (χ4n) is 2.89. The summed E-state index contributed by atoms with van der Waals surface area (Å²) in [6, 6.07) is 14.2. The van der Waals surface area contributed by atoms with Gasteiger partial charge in [0, 0.05) is 22.9 Å². The summed E-state index contributed by atoms with van der Waals surface area (Å²) in [5, 5.41) is 3.54. The fraction of sp³-hybridized carbons (Fsp3) is 0.300. The first-order chi connectivity index (χ1) is 13.1. The van der Waals surface area contributed by atoms with Crippen molar-refractivity contribution in [2.45, 2.75) is 18.9 Å². The van der Waals surface area contributed by atoms with Gasteiger partial charge in [-0.3, -0.25) is 9.59 Å². The summed E-state index contributed by atoms with van der Waals surface area (Å²) in [4.78, 5) is 26.9. The molecule has 5 nitrogen and oxygen atoms in total. The lowest BCUT2D eigenvalue weighted by Gasteiger charge is -2.23. The monoisotopic (exact) mass is 404 g/mol. The largest absolute Gasteiger partial charge is 0.497 e. The number of ether oxygens (including phenoxy) is 1. The fourth-order valence-corrected chi connectivity index (χ4v) is 4.30. The van der Waals surface area contributed by atoms with Crippen LogP contribution in [0.2, 0.25) is 5.02 Å². The lowest BCUT2D eigenvalue weighted by molar-refractivity contribution is -0.136. The highest BCUT2D eigenvalue weighted by Gasteiger charge is 2.34. The topological polar surface area (TPSA) is 58.6 Å². The van der Waals surface area contributed by atoms with Gasteiger partial charge in [0.05, 0.1) is 13.0 Å². The minimum atomic E-state index is -0.462. The maximum Gasteiger partial charge on any atom is 0.248 e. The lowest BCUT2D eigenvalue weighted by Crippen LogP contribution is -2.44. The van der Waals surface area contributed by atoms with E-state index in [1.807, 2.05) is 24.3 Å². The molecule has 0 saturated carbocycles. The number of rotatable bonds is 6. The number of halogens is 1. The van der Waals surface area contributed by atoms with Gasteiger partial charge in [0.2, 0.25) is 11.8 Å². The van der Waals surface area contributed by atoms with Crippen LogP contribution < -0.4 is 10.1 Å². The minimum absolute atomic E-state index is 0.0326. The first-order valence-electron chi connectivity index (χ1n) is 8.64. The lowest BCUT2D eigenvalue weighted by atomic mass is 10.1. The van der Waals surface area contributed by atoms with Crippen LogP contribution >= 0.6 is 23.4 Å². The number of amides is 2. The molecule has 1 aliphatic heterocycles. The molecule has 1 saturated heterocycles. The van der Waals surface area contributed by atoms with Crippen molar-refractivity contribution in [2.75, 3.05) is 24.1 Å². The summed E-state index contributed by atoms with van der Waals surface area (Å²) in [6.07, 6.45) is 0.892. The van der Waals surface area contributed by atoms with Crippen molar-refractivity contribution in [1.82, 2.24) is 4.90 Å². The van der Waals surface area contributed by atoms with Crippen LogP contribution in [0.15, 0.2) is 48.5 Å². The molecule has 1 atom stereocenters. The van der Waals surface area contributed by atoms with E-state index in [0.717, 1.165) is 11.3 Å². The number of aryl methyl sites for hydroxylation is 1. The van der Waals surface area contributed by atoms with Crippen LogP contribution in [-0.4, -0.2) is 41.5 Å². The molecule has 1 aliphatic rings. The van der Waals surface area contributed by atoms with E-state index in [-0.39, 0.29) is 11.8 Å². The van der Waals surface area contributed by atoms with Gasteiger partial charge >= 0.3 is 0 Å². The maximum atomic E-state index is 12.7. The Morgan fingerprint density at radius 1 is 1.22 bits per heavy atom. The zero-order chi connectivity index (χ0) is 19.2. The van der Waals surface area contributed by atoms with Gasteiger partial charge in [0.15, 0.2) is 0 Å². The van der Waals surface area contributed by atoms with Crippen molar-refractivity contribution in [3.63, 3.8) is 0 Å². The molecule has 1 fully saturated rings. The van der Waals surface area contributed by atoms with Crippen LogP contribution in [0.3, 0.4) is 0 Å². The van der Waals surface area contributed by atoms with E-state index >= 15 is 0 Å². The summed E-state index contributed by atoms with van der Waals surface area (Å²) >= 11 is 7.74. The third-order valence-corrected chi connectivity index (χ3v) is 5.81. The Balaban J connectivity index is 1.59. The zero-order valence-corrected chi connectivity index (χ0v) is 16.6. The molecule has 27 heavy (non-hydrogen) atoms. The Hall–Kier alpha value is -2.18. The van der Waals surface area contributed by atoms with Gasteiger partial charge in [0.1, 0.15) is 11.8 Å². The highest BCUT2D eigenvalue weighted by molar-refractivity contribution is 7.99. The molecule has 2 amide bonds. The van der Waals surface area contributed by atoms with E-state index in [4.69, 9.17) is 16.3 Å². The Bertz CT molecular complexity index is 813. The summed E-state index contributed by atoms with van der Waals surface area (Å²) in [5.41, 5.74) is 1.62.